The Morgan fingerprint density at radius 2 is 2.32 bits per heavy atom. The number of hydrogen-bond acceptors (Lipinski definition) is 3. The van der Waals surface area contributed by atoms with Crippen LogP contribution in [0.15, 0.2) is 18.3 Å². The van der Waals surface area contributed by atoms with Crippen LogP contribution in [-0.2, 0) is 11.3 Å². The molecule has 3 heterocycles. The largest absolute Gasteiger partial charge is 0.344 e. The molecule has 2 aliphatic rings. The highest BCUT2D eigenvalue weighted by molar-refractivity contribution is 6.29. The van der Waals surface area contributed by atoms with Crippen LogP contribution >= 0.6 is 11.6 Å². The molecule has 0 radical (unpaired) electrons. The minimum Gasteiger partial charge on any atom is -0.344 e. The number of fused-ring (bicyclic) bond motifs is 1. The minimum atomic E-state index is 0.194. The summed E-state index contributed by atoms with van der Waals surface area (Å²) < 4.78 is 0. The number of hydrogen-bond donors (Lipinski definition) is 0. The van der Waals surface area contributed by atoms with Gasteiger partial charge >= 0.3 is 0 Å². The number of carbonyl (C=O) groups is 1. The monoisotopic (exact) mass is 279 g/mol. The fraction of sp³-hybridized carbons (Fsp3) is 0.571. The van der Waals surface area contributed by atoms with E-state index >= 15 is 0 Å². The molecule has 2 atom stereocenters. The third-order valence-electron chi connectivity index (χ3n) is 4.22. The second-order valence-corrected chi connectivity index (χ2v) is 5.88. The average Bonchev–Trinajstić information content (AvgIpc) is 2.70. The Labute approximate surface area is 118 Å². The SMILES string of the molecule is CN1C[C@@H]2[C@@H](CCCN2Cc2ccc(Cl)nc2)C1=O. The van der Waals surface area contributed by atoms with E-state index in [2.05, 4.69) is 9.88 Å². The Morgan fingerprint density at radius 3 is 3.05 bits per heavy atom. The lowest BCUT2D eigenvalue weighted by Crippen LogP contribution is -2.44. The van der Waals surface area contributed by atoms with Gasteiger partial charge in [0.25, 0.3) is 0 Å². The quantitative estimate of drug-likeness (QED) is 0.775. The Hall–Kier alpha value is -1.13. The number of piperidine rings is 1. The molecule has 4 nitrogen and oxygen atoms in total. The number of amides is 1. The van der Waals surface area contributed by atoms with Crippen molar-refractivity contribution in [3.63, 3.8) is 0 Å². The van der Waals surface area contributed by atoms with E-state index in [4.69, 9.17) is 11.6 Å². The molecular weight excluding hydrogens is 262 g/mol. The van der Waals surface area contributed by atoms with Crippen LogP contribution < -0.4 is 0 Å². The van der Waals surface area contributed by atoms with Gasteiger partial charge in [-0.25, -0.2) is 4.98 Å². The van der Waals surface area contributed by atoms with E-state index in [-0.39, 0.29) is 5.92 Å². The molecule has 0 spiro atoms. The summed E-state index contributed by atoms with van der Waals surface area (Å²) in [4.78, 5) is 20.5. The Kier molecular flexibility index (Phi) is 3.46. The predicted octanol–water partition coefficient (Wildman–Crippen LogP) is 1.79. The van der Waals surface area contributed by atoms with Crippen LogP contribution in [0.5, 0.6) is 0 Å². The van der Waals surface area contributed by atoms with Gasteiger partial charge in [-0.3, -0.25) is 9.69 Å². The van der Waals surface area contributed by atoms with Gasteiger partial charge in [-0.05, 0) is 31.0 Å². The van der Waals surface area contributed by atoms with Crippen LogP contribution in [0.2, 0.25) is 5.15 Å². The van der Waals surface area contributed by atoms with Crippen LogP contribution in [0.25, 0.3) is 0 Å². The second kappa shape index (κ2) is 5.10. The fourth-order valence-electron chi connectivity index (χ4n) is 3.24. The van der Waals surface area contributed by atoms with E-state index in [9.17, 15) is 4.79 Å². The Morgan fingerprint density at radius 1 is 1.47 bits per heavy atom. The highest BCUT2D eigenvalue weighted by Gasteiger charge is 2.43. The zero-order valence-electron chi connectivity index (χ0n) is 11.1. The van der Waals surface area contributed by atoms with Crippen LogP contribution in [0.1, 0.15) is 18.4 Å². The number of rotatable bonds is 2. The summed E-state index contributed by atoms with van der Waals surface area (Å²) in [6.07, 6.45) is 3.96. The molecule has 1 aromatic heterocycles. The first-order valence-corrected chi connectivity index (χ1v) is 7.12. The van der Waals surface area contributed by atoms with Crippen LogP contribution in [0.3, 0.4) is 0 Å². The van der Waals surface area contributed by atoms with E-state index in [0.29, 0.717) is 17.1 Å². The lowest BCUT2D eigenvalue weighted by molar-refractivity contribution is -0.130. The maximum Gasteiger partial charge on any atom is 0.227 e. The molecule has 19 heavy (non-hydrogen) atoms. The van der Waals surface area contributed by atoms with Gasteiger partial charge < -0.3 is 4.90 Å². The molecule has 0 N–H and O–H groups in total. The molecule has 3 rings (SSSR count). The third-order valence-corrected chi connectivity index (χ3v) is 4.45. The average molecular weight is 280 g/mol. The summed E-state index contributed by atoms with van der Waals surface area (Å²) in [6.45, 7) is 2.77. The van der Waals surface area contributed by atoms with Gasteiger partial charge in [-0.1, -0.05) is 17.7 Å². The molecule has 1 aromatic rings. The van der Waals surface area contributed by atoms with E-state index in [0.717, 1.165) is 38.0 Å². The van der Waals surface area contributed by atoms with E-state index in [1.165, 1.54) is 0 Å². The second-order valence-electron chi connectivity index (χ2n) is 5.49. The summed E-state index contributed by atoms with van der Waals surface area (Å²) in [5.41, 5.74) is 1.16. The van der Waals surface area contributed by atoms with Gasteiger partial charge in [-0.15, -0.1) is 0 Å². The molecule has 102 valence electrons. The smallest absolute Gasteiger partial charge is 0.227 e. The van der Waals surface area contributed by atoms with Crippen molar-refractivity contribution in [2.45, 2.75) is 25.4 Å². The standard InChI is InChI=1S/C14H18ClN3O/c1-17-9-12-11(14(17)19)3-2-6-18(12)8-10-4-5-13(15)16-7-10/h4-5,7,11-12H,2-3,6,8-9H2,1H3/t11-,12-/m1/s1. The van der Waals surface area contributed by atoms with Gasteiger partial charge in [0.2, 0.25) is 5.91 Å². The van der Waals surface area contributed by atoms with Crippen molar-refractivity contribution >= 4 is 17.5 Å². The molecule has 2 aliphatic heterocycles. The number of carbonyl (C=O) groups excluding carboxylic acids is 1. The number of likely N-dealkylation sites (tertiary alicyclic amines) is 2. The molecule has 2 fully saturated rings. The molecule has 1 amide bonds. The van der Waals surface area contributed by atoms with Gasteiger partial charge in [0.15, 0.2) is 0 Å². The zero-order valence-corrected chi connectivity index (χ0v) is 11.8. The van der Waals surface area contributed by atoms with Crippen molar-refractivity contribution in [1.29, 1.82) is 0 Å². The number of halogens is 1. The topological polar surface area (TPSA) is 36.4 Å². The van der Waals surface area contributed by atoms with Crippen molar-refractivity contribution in [2.75, 3.05) is 20.1 Å². The summed E-state index contributed by atoms with van der Waals surface area (Å²) in [6, 6.07) is 4.20. The summed E-state index contributed by atoms with van der Waals surface area (Å²) in [5.74, 6) is 0.503. The van der Waals surface area contributed by atoms with Crippen molar-refractivity contribution in [3.8, 4) is 0 Å². The normalized spacial score (nSPS) is 27.7. The summed E-state index contributed by atoms with van der Waals surface area (Å²) >= 11 is 5.81. The van der Waals surface area contributed by atoms with Crippen LogP contribution in [-0.4, -0.2) is 46.9 Å². The van der Waals surface area contributed by atoms with Crippen LogP contribution in [0, 0.1) is 5.92 Å². The lowest BCUT2D eigenvalue weighted by Gasteiger charge is -2.35. The molecule has 0 aliphatic carbocycles. The van der Waals surface area contributed by atoms with Gasteiger partial charge in [0, 0.05) is 32.4 Å². The van der Waals surface area contributed by atoms with Crippen molar-refractivity contribution in [1.82, 2.24) is 14.8 Å². The third kappa shape index (κ3) is 2.47. The molecule has 0 aromatic carbocycles. The van der Waals surface area contributed by atoms with Gasteiger partial charge in [0.05, 0.1) is 5.92 Å². The first kappa shape index (κ1) is 12.9. The Bertz CT molecular complexity index is 476. The predicted molar refractivity (Wildman–Crippen MR) is 73.8 cm³/mol. The highest BCUT2D eigenvalue weighted by atomic mass is 35.5. The number of aromatic nitrogens is 1. The van der Waals surface area contributed by atoms with E-state index in [1.807, 2.05) is 30.3 Å². The lowest BCUT2D eigenvalue weighted by atomic mass is 9.91. The van der Waals surface area contributed by atoms with Crippen molar-refractivity contribution in [2.24, 2.45) is 5.92 Å². The van der Waals surface area contributed by atoms with E-state index < -0.39 is 0 Å². The zero-order chi connectivity index (χ0) is 13.4. The number of pyridine rings is 1. The van der Waals surface area contributed by atoms with Crippen molar-refractivity contribution in [3.05, 3.63) is 29.0 Å². The molecule has 5 heteroatoms. The minimum absolute atomic E-state index is 0.194. The molecule has 0 bridgehead atoms. The van der Waals surface area contributed by atoms with Gasteiger partial charge in [-0.2, -0.15) is 0 Å². The molecule has 0 saturated carbocycles. The first-order valence-electron chi connectivity index (χ1n) is 6.74. The van der Waals surface area contributed by atoms with Crippen molar-refractivity contribution < 1.29 is 4.79 Å². The molecular formula is C14H18ClN3O. The number of likely N-dealkylation sites (N-methyl/N-ethyl adjacent to an activating group) is 1. The van der Waals surface area contributed by atoms with E-state index in [1.54, 1.807) is 0 Å². The summed E-state index contributed by atoms with van der Waals surface area (Å²) in [5, 5.41) is 0.524. The number of nitrogens with zero attached hydrogens (tertiary/aromatic N) is 3. The van der Waals surface area contributed by atoms with Gasteiger partial charge in [0.1, 0.15) is 5.15 Å². The maximum atomic E-state index is 12.1. The van der Waals surface area contributed by atoms with Crippen LogP contribution in [0.4, 0.5) is 0 Å². The first-order chi connectivity index (χ1) is 9.15. The Balaban J connectivity index is 1.74. The molecule has 2 saturated heterocycles. The summed E-state index contributed by atoms with van der Waals surface area (Å²) in [7, 11) is 1.91. The fourth-order valence-corrected chi connectivity index (χ4v) is 3.35. The molecule has 0 unspecified atom stereocenters. The maximum absolute atomic E-state index is 12.1. The highest BCUT2D eigenvalue weighted by Crippen LogP contribution is 2.31.